The van der Waals surface area contributed by atoms with Gasteiger partial charge in [-0.1, -0.05) is 15.9 Å². The number of rotatable bonds is 2. The molecule has 6 heteroatoms. The molecule has 21 heavy (non-hydrogen) atoms. The Morgan fingerprint density at radius 2 is 2.10 bits per heavy atom. The molecule has 1 aromatic carbocycles. The summed E-state index contributed by atoms with van der Waals surface area (Å²) in [6, 6.07) is 8.03. The minimum atomic E-state index is -0.496. The van der Waals surface area contributed by atoms with E-state index in [1.54, 1.807) is 24.3 Å². The van der Waals surface area contributed by atoms with Crippen molar-refractivity contribution in [2.24, 2.45) is 0 Å². The van der Waals surface area contributed by atoms with E-state index in [-0.39, 0.29) is 11.1 Å². The molecule has 0 N–H and O–H groups in total. The van der Waals surface area contributed by atoms with Crippen molar-refractivity contribution in [3.8, 4) is 0 Å². The van der Waals surface area contributed by atoms with E-state index in [1.807, 2.05) is 0 Å². The second-order valence-corrected chi connectivity index (χ2v) is 4.98. The third-order valence-electron chi connectivity index (χ3n) is 3.15. The molecule has 2 heterocycles. The van der Waals surface area contributed by atoms with Gasteiger partial charge in [-0.25, -0.2) is 9.78 Å². The third-order valence-corrected chi connectivity index (χ3v) is 3.73. The minimum absolute atomic E-state index is 0.217. The number of nitrogens with zero attached hydrogens (tertiary/aromatic N) is 1. The number of carbonyl (C=O) groups excluding carboxylic acids is 1. The molecule has 106 valence electrons. The topological polar surface area (TPSA) is 69.4 Å². The van der Waals surface area contributed by atoms with Crippen LogP contribution in [0.2, 0.25) is 0 Å². The summed E-state index contributed by atoms with van der Waals surface area (Å²) >= 11 is 3.31. The zero-order valence-electron chi connectivity index (χ0n) is 11.1. The fourth-order valence-electron chi connectivity index (χ4n) is 2.09. The summed E-state index contributed by atoms with van der Waals surface area (Å²) in [6.07, 6.45) is 0. The third kappa shape index (κ3) is 2.31. The number of aromatic nitrogens is 1. The maximum Gasteiger partial charge on any atom is 0.337 e. The molecule has 0 spiro atoms. The van der Waals surface area contributed by atoms with Crippen molar-refractivity contribution < 1.29 is 13.9 Å². The lowest BCUT2D eigenvalue weighted by Gasteiger charge is -2.04. The maximum atomic E-state index is 12.5. The monoisotopic (exact) mass is 347 g/mol. The van der Waals surface area contributed by atoms with E-state index in [4.69, 9.17) is 4.42 Å². The van der Waals surface area contributed by atoms with Gasteiger partial charge >= 0.3 is 5.97 Å². The Kier molecular flexibility index (Phi) is 3.47. The molecular weight excluding hydrogens is 338 g/mol. The molecule has 0 radical (unpaired) electrons. The van der Waals surface area contributed by atoms with Gasteiger partial charge in [0.15, 0.2) is 0 Å². The van der Waals surface area contributed by atoms with E-state index in [0.717, 1.165) is 5.69 Å². The van der Waals surface area contributed by atoms with Crippen molar-refractivity contribution in [2.45, 2.75) is 5.33 Å². The molecule has 3 rings (SSSR count). The fraction of sp³-hybridized carbons (Fsp3) is 0.133. The van der Waals surface area contributed by atoms with Gasteiger partial charge in [0, 0.05) is 5.33 Å². The Bertz CT molecular complexity index is 917. The number of hydrogen-bond donors (Lipinski definition) is 0. The molecule has 0 saturated carbocycles. The summed E-state index contributed by atoms with van der Waals surface area (Å²) in [5.41, 5.74) is 1.54. The molecule has 0 amide bonds. The van der Waals surface area contributed by atoms with Gasteiger partial charge in [0.05, 0.1) is 29.1 Å². The van der Waals surface area contributed by atoms with E-state index in [9.17, 15) is 9.59 Å². The number of hydrogen-bond acceptors (Lipinski definition) is 5. The van der Waals surface area contributed by atoms with Crippen LogP contribution in [0.1, 0.15) is 16.1 Å². The molecule has 0 aliphatic carbocycles. The number of halogens is 1. The lowest BCUT2D eigenvalue weighted by Crippen LogP contribution is -2.06. The molecule has 0 bridgehead atoms. The number of carbonyl (C=O) groups is 1. The highest BCUT2D eigenvalue weighted by Gasteiger charge is 2.12. The molecule has 3 aromatic rings. The van der Waals surface area contributed by atoms with Crippen LogP contribution in [-0.4, -0.2) is 18.1 Å². The lowest BCUT2D eigenvalue weighted by atomic mass is 10.1. The number of alkyl halides is 1. The zero-order chi connectivity index (χ0) is 15.0. The Balaban J connectivity index is 2.34. The van der Waals surface area contributed by atoms with Crippen LogP contribution < -0.4 is 5.43 Å². The zero-order valence-corrected chi connectivity index (χ0v) is 12.6. The van der Waals surface area contributed by atoms with Crippen LogP contribution in [0.3, 0.4) is 0 Å². The van der Waals surface area contributed by atoms with Crippen molar-refractivity contribution in [3.63, 3.8) is 0 Å². The molecule has 0 unspecified atom stereocenters. The molecule has 0 aliphatic rings. The van der Waals surface area contributed by atoms with Gasteiger partial charge in [0.25, 0.3) is 0 Å². The van der Waals surface area contributed by atoms with Crippen molar-refractivity contribution in [1.29, 1.82) is 0 Å². The van der Waals surface area contributed by atoms with Crippen LogP contribution in [0.4, 0.5) is 0 Å². The molecule has 0 saturated heterocycles. The van der Waals surface area contributed by atoms with E-state index >= 15 is 0 Å². The summed E-state index contributed by atoms with van der Waals surface area (Å²) in [5, 5.41) is 1.29. The Morgan fingerprint density at radius 1 is 1.29 bits per heavy atom. The average Bonchev–Trinajstić information content (AvgIpc) is 2.53. The van der Waals surface area contributed by atoms with Gasteiger partial charge in [-0.05, 0) is 30.3 Å². The van der Waals surface area contributed by atoms with Gasteiger partial charge in [-0.15, -0.1) is 0 Å². The maximum absolute atomic E-state index is 12.5. The van der Waals surface area contributed by atoms with E-state index < -0.39 is 5.97 Å². The van der Waals surface area contributed by atoms with Crippen LogP contribution in [-0.2, 0) is 10.1 Å². The summed E-state index contributed by atoms with van der Waals surface area (Å²) in [7, 11) is 1.29. The highest BCUT2D eigenvalue weighted by Crippen LogP contribution is 2.19. The smallest absolute Gasteiger partial charge is 0.337 e. The number of benzene rings is 1. The Labute approximate surface area is 127 Å². The quantitative estimate of drug-likeness (QED) is 0.405. The van der Waals surface area contributed by atoms with Crippen LogP contribution in [0, 0.1) is 0 Å². The first-order valence-corrected chi connectivity index (χ1v) is 7.27. The molecular formula is C15H10BrNO4. The largest absolute Gasteiger partial charge is 0.465 e. The first-order valence-electron chi connectivity index (χ1n) is 6.15. The van der Waals surface area contributed by atoms with Gasteiger partial charge < -0.3 is 9.15 Å². The first-order chi connectivity index (χ1) is 10.1. The highest BCUT2D eigenvalue weighted by atomic mass is 79.9. The molecule has 0 aliphatic heterocycles. The summed E-state index contributed by atoms with van der Waals surface area (Å²) in [4.78, 5) is 28.3. The highest BCUT2D eigenvalue weighted by molar-refractivity contribution is 9.08. The second-order valence-electron chi connectivity index (χ2n) is 4.42. The van der Waals surface area contributed by atoms with Crippen molar-refractivity contribution >= 4 is 44.0 Å². The summed E-state index contributed by atoms with van der Waals surface area (Å²) < 4.78 is 10.3. The second kappa shape index (κ2) is 5.29. The van der Waals surface area contributed by atoms with E-state index in [2.05, 4.69) is 25.7 Å². The first kappa shape index (κ1) is 13.8. The van der Waals surface area contributed by atoms with Crippen LogP contribution >= 0.6 is 15.9 Å². The SMILES string of the molecule is COC(=O)c1ccc2oc3nc(CBr)ccc3c(=O)c2c1. The van der Waals surface area contributed by atoms with E-state index in [0.29, 0.717) is 27.2 Å². The van der Waals surface area contributed by atoms with Gasteiger partial charge in [-0.2, -0.15) is 0 Å². The molecule has 0 fully saturated rings. The van der Waals surface area contributed by atoms with Crippen LogP contribution in [0.15, 0.2) is 39.5 Å². The molecule has 2 aromatic heterocycles. The van der Waals surface area contributed by atoms with Crippen molar-refractivity contribution in [1.82, 2.24) is 4.98 Å². The Morgan fingerprint density at radius 3 is 2.81 bits per heavy atom. The van der Waals surface area contributed by atoms with Gasteiger partial charge in [0.1, 0.15) is 5.58 Å². The van der Waals surface area contributed by atoms with Crippen LogP contribution in [0.25, 0.3) is 22.1 Å². The number of pyridine rings is 1. The average molecular weight is 348 g/mol. The minimum Gasteiger partial charge on any atom is -0.465 e. The van der Waals surface area contributed by atoms with E-state index in [1.165, 1.54) is 13.2 Å². The number of fused-ring (bicyclic) bond motifs is 2. The lowest BCUT2D eigenvalue weighted by molar-refractivity contribution is 0.0601. The summed E-state index contributed by atoms with van der Waals surface area (Å²) in [6.45, 7) is 0. The van der Waals surface area contributed by atoms with Gasteiger partial charge in [0.2, 0.25) is 11.1 Å². The van der Waals surface area contributed by atoms with Gasteiger partial charge in [-0.3, -0.25) is 4.79 Å². The Hall–Kier alpha value is -2.21. The van der Waals surface area contributed by atoms with Crippen LogP contribution in [0.5, 0.6) is 0 Å². The predicted octanol–water partition coefficient (Wildman–Crippen LogP) is 3.02. The number of ether oxygens (including phenoxy) is 1. The molecule has 0 atom stereocenters. The predicted molar refractivity (Wildman–Crippen MR) is 81.8 cm³/mol. The number of esters is 1. The molecule has 5 nitrogen and oxygen atoms in total. The normalized spacial score (nSPS) is 11.0. The summed E-state index contributed by atoms with van der Waals surface area (Å²) in [5.74, 6) is -0.496. The van der Waals surface area contributed by atoms with Crippen molar-refractivity contribution in [2.75, 3.05) is 7.11 Å². The van der Waals surface area contributed by atoms with Crippen molar-refractivity contribution in [3.05, 3.63) is 51.8 Å². The standard InChI is InChI=1S/C15H10BrNO4/c1-20-15(19)8-2-5-12-11(6-8)13(18)10-4-3-9(7-16)17-14(10)21-12/h2-6H,7H2,1H3. The number of methoxy groups -OCH3 is 1. The fourth-order valence-corrected chi connectivity index (χ4v) is 2.41.